The van der Waals surface area contributed by atoms with Crippen LogP contribution in [0, 0.1) is 5.92 Å². The number of ether oxygens (including phenoxy) is 1. The molecular weight excluding hydrogens is 352 g/mol. The van der Waals surface area contributed by atoms with E-state index in [0.717, 1.165) is 38.4 Å². The SMILES string of the molecule is CC1=Nc2ccccc2C1=Cc1sc(=O)n(CC(=O)OCC(C)C)c1O. The second-order valence-electron chi connectivity index (χ2n) is 6.49. The molecule has 1 aliphatic rings. The highest BCUT2D eigenvalue weighted by molar-refractivity contribution is 7.10. The van der Waals surface area contributed by atoms with Crippen molar-refractivity contribution in [2.24, 2.45) is 10.9 Å². The minimum absolute atomic E-state index is 0.205. The number of rotatable bonds is 5. The molecular formula is C19H20N2O4S. The molecule has 0 fully saturated rings. The number of hydrogen-bond acceptors (Lipinski definition) is 6. The highest BCUT2D eigenvalue weighted by Gasteiger charge is 2.21. The molecule has 0 saturated carbocycles. The van der Waals surface area contributed by atoms with E-state index in [0.29, 0.717) is 4.88 Å². The molecule has 0 bridgehead atoms. The van der Waals surface area contributed by atoms with Crippen molar-refractivity contribution in [2.45, 2.75) is 27.3 Å². The van der Waals surface area contributed by atoms with Gasteiger partial charge in [-0.15, -0.1) is 0 Å². The van der Waals surface area contributed by atoms with Crippen molar-refractivity contribution in [1.82, 2.24) is 4.57 Å². The number of carbonyl (C=O) groups excluding carboxylic acids is 1. The Labute approximate surface area is 155 Å². The molecule has 2 heterocycles. The molecule has 0 radical (unpaired) electrons. The van der Waals surface area contributed by atoms with Gasteiger partial charge in [0, 0.05) is 16.8 Å². The number of aliphatic imine (C=N–C) groups is 1. The van der Waals surface area contributed by atoms with Gasteiger partial charge in [0.05, 0.1) is 17.2 Å². The van der Waals surface area contributed by atoms with Gasteiger partial charge in [-0.25, -0.2) is 0 Å². The molecule has 2 aromatic rings. The van der Waals surface area contributed by atoms with Crippen LogP contribution in [0.2, 0.25) is 0 Å². The fourth-order valence-electron chi connectivity index (χ4n) is 2.63. The van der Waals surface area contributed by atoms with Gasteiger partial charge in [0.15, 0.2) is 0 Å². The lowest BCUT2D eigenvalue weighted by Gasteiger charge is -2.07. The number of aromatic nitrogens is 1. The van der Waals surface area contributed by atoms with E-state index in [4.69, 9.17) is 4.74 Å². The van der Waals surface area contributed by atoms with E-state index >= 15 is 0 Å². The van der Waals surface area contributed by atoms with Crippen LogP contribution < -0.4 is 4.87 Å². The van der Waals surface area contributed by atoms with Crippen LogP contribution >= 0.6 is 11.3 Å². The summed E-state index contributed by atoms with van der Waals surface area (Å²) in [5.74, 6) is -0.569. The van der Waals surface area contributed by atoms with Crippen LogP contribution in [-0.4, -0.2) is 28.0 Å². The van der Waals surface area contributed by atoms with Crippen molar-refractivity contribution >= 4 is 40.4 Å². The number of carbonyl (C=O) groups is 1. The largest absolute Gasteiger partial charge is 0.493 e. The lowest BCUT2D eigenvalue weighted by molar-refractivity contribution is -0.145. The maximum atomic E-state index is 12.2. The molecule has 1 aromatic carbocycles. The summed E-state index contributed by atoms with van der Waals surface area (Å²) >= 11 is 0.889. The van der Waals surface area contributed by atoms with Crippen LogP contribution in [0.1, 0.15) is 31.2 Å². The van der Waals surface area contributed by atoms with E-state index in [1.165, 1.54) is 0 Å². The Morgan fingerprint density at radius 3 is 2.85 bits per heavy atom. The third kappa shape index (κ3) is 3.62. The molecule has 1 N–H and O–H groups in total. The molecule has 26 heavy (non-hydrogen) atoms. The lowest BCUT2D eigenvalue weighted by Crippen LogP contribution is -2.21. The molecule has 0 spiro atoms. The number of benzene rings is 1. The van der Waals surface area contributed by atoms with Gasteiger partial charge < -0.3 is 9.84 Å². The Morgan fingerprint density at radius 2 is 2.12 bits per heavy atom. The first-order valence-corrected chi connectivity index (χ1v) is 9.13. The van der Waals surface area contributed by atoms with Crippen LogP contribution in [0.15, 0.2) is 34.1 Å². The number of nitrogens with zero attached hydrogens (tertiary/aromatic N) is 2. The van der Waals surface area contributed by atoms with Crippen molar-refractivity contribution in [2.75, 3.05) is 6.61 Å². The number of hydrogen-bond donors (Lipinski definition) is 1. The molecule has 0 saturated heterocycles. The van der Waals surface area contributed by atoms with E-state index < -0.39 is 10.8 Å². The van der Waals surface area contributed by atoms with Crippen molar-refractivity contribution in [1.29, 1.82) is 0 Å². The quantitative estimate of drug-likeness (QED) is 0.815. The van der Waals surface area contributed by atoms with Gasteiger partial charge in [0.25, 0.3) is 0 Å². The van der Waals surface area contributed by atoms with E-state index in [-0.39, 0.29) is 24.9 Å². The highest BCUT2D eigenvalue weighted by Crippen LogP contribution is 2.37. The summed E-state index contributed by atoms with van der Waals surface area (Å²) in [5, 5.41) is 10.4. The molecule has 0 aliphatic carbocycles. The Balaban J connectivity index is 1.89. The van der Waals surface area contributed by atoms with E-state index in [1.807, 2.05) is 45.0 Å². The fourth-order valence-corrected chi connectivity index (χ4v) is 3.46. The second kappa shape index (κ2) is 7.29. The Bertz CT molecular complexity index is 966. The average molecular weight is 372 g/mol. The molecule has 136 valence electrons. The summed E-state index contributed by atoms with van der Waals surface area (Å²) in [4.78, 5) is 28.5. The molecule has 3 rings (SSSR count). The smallest absolute Gasteiger partial charge is 0.326 e. The van der Waals surface area contributed by atoms with Crippen LogP contribution in [0.4, 0.5) is 5.69 Å². The van der Waals surface area contributed by atoms with Crippen LogP contribution in [0.5, 0.6) is 5.88 Å². The van der Waals surface area contributed by atoms with E-state index in [9.17, 15) is 14.7 Å². The minimum atomic E-state index is -0.544. The van der Waals surface area contributed by atoms with Gasteiger partial charge in [0.1, 0.15) is 6.54 Å². The zero-order chi connectivity index (χ0) is 18.8. The van der Waals surface area contributed by atoms with Gasteiger partial charge in [-0.05, 0) is 25.0 Å². The van der Waals surface area contributed by atoms with E-state index in [2.05, 4.69) is 4.99 Å². The topological polar surface area (TPSA) is 80.9 Å². The first-order chi connectivity index (χ1) is 12.4. The third-order valence-corrected chi connectivity index (χ3v) is 4.82. The second-order valence-corrected chi connectivity index (χ2v) is 7.48. The van der Waals surface area contributed by atoms with Crippen molar-refractivity contribution in [3.8, 4) is 5.88 Å². The number of fused-ring (bicyclic) bond motifs is 1. The molecule has 6 nitrogen and oxygen atoms in total. The summed E-state index contributed by atoms with van der Waals surface area (Å²) in [6.07, 6.45) is 1.74. The zero-order valence-electron chi connectivity index (χ0n) is 14.9. The molecule has 0 amide bonds. The molecule has 0 atom stereocenters. The van der Waals surface area contributed by atoms with Crippen molar-refractivity contribution in [3.63, 3.8) is 0 Å². The number of para-hydroxylation sites is 1. The molecule has 7 heteroatoms. The van der Waals surface area contributed by atoms with Crippen LogP contribution in [0.25, 0.3) is 11.6 Å². The number of allylic oxidation sites excluding steroid dienone is 1. The molecule has 0 unspecified atom stereocenters. The van der Waals surface area contributed by atoms with E-state index in [1.54, 1.807) is 6.08 Å². The summed E-state index contributed by atoms with van der Waals surface area (Å²) in [6.45, 7) is 5.71. The predicted molar refractivity (Wildman–Crippen MR) is 103 cm³/mol. The fraction of sp³-hybridized carbons (Fsp3) is 0.316. The summed E-state index contributed by atoms with van der Waals surface area (Å²) < 4.78 is 6.12. The number of aromatic hydroxyl groups is 1. The highest BCUT2D eigenvalue weighted by atomic mass is 32.1. The van der Waals surface area contributed by atoms with Crippen LogP contribution in [0.3, 0.4) is 0 Å². The standard InChI is InChI=1S/C19H20N2O4S/c1-11(2)10-25-17(22)9-21-18(23)16(26-19(21)24)8-14-12(3)20-15-7-5-4-6-13(14)15/h4-8,11,23H,9-10H2,1-3H3. The number of esters is 1. The Morgan fingerprint density at radius 1 is 1.38 bits per heavy atom. The molecule has 1 aromatic heterocycles. The maximum absolute atomic E-state index is 12.2. The van der Waals surface area contributed by atoms with Gasteiger partial charge in [0.2, 0.25) is 5.88 Å². The monoisotopic (exact) mass is 372 g/mol. The third-order valence-electron chi connectivity index (χ3n) is 3.91. The molecule has 1 aliphatic heterocycles. The predicted octanol–water partition coefficient (Wildman–Crippen LogP) is 3.46. The maximum Gasteiger partial charge on any atom is 0.326 e. The zero-order valence-corrected chi connectivity index (χ0v) is 15.7. The van der Waals surface area contributed by atoms with Gasteiger partial charge >= 0.3 is 10.8 Å². The van der Waals surface area contributed by atoms with Crippen LogP contribution in [-0.2, 0) is 16.1 Å². The Hall–Kier alpha value is -2.67. The first-order valence-electron chi connectivity index (χ1n) is 8.31. The van der Waals surface area contributed by atoms with Gasteiger partial charge in [-0.3, -0.25) is 19.1 Å². The van der Waals surface area contributed by atoms with Gasteiger partial charge in [-0.1, -0.05) is 43.4 Å². The van der Waals surface area contributed by atoms with Crippen molar-refractivity contribution < 1.29 is 14.6 Å². The normalized spacial score (nSPS) is 14.6. The number of thiazole rings is 1. The average Bonchev–Trinajstić information content (AvgIpc) is 3.04. The minimum Gasteiger partial charge on any atom is -0.493 e. The first kappa shape index (κ1) is 18.1. The Kier molecular flexibility index (Phi) is 5.08. The summed E-state index contributed by atoms with van der Waals surface area (Å²) in [7, 11) is 0. The van der Waals surface area contributed by atoms with Crippen molar-refractivity contribution in [3.05, 3.63) is 44.4 Å². The summed E-state index contributed by atoms with van der Waals surface area (Å²) in [6, 6.07) is 7.69. The summed E-state index contributed by atoms with van der Waals surface area (Å²) in [5.41, 5.74) is 3.48. The lowest BCUT2D eigenvalue weighted by atomic mass is 10.0. The van der Waals surface area contributed by atoms with Gasteiger partial charge in [-0.2, -0.15) is 0 Å².